The molecule has 0 saturated heterocycles. The van der Waals surface area contributed by atoms with Crippen LogP contribution in [0.4, 0.5) is 18.3 Å². The van der Waals surface area contributed by atoms with E-state index in [1.54, 1.807) is 31.2 Å². The van der Waals surface area contributed by atoms with Gasteiger partial charge in [-0.1, -0.05) is 29.5 Å². The van der Waals surface area contributed by atoms with Gasteiger partial charge in [0.15, 0.2) is 5.69 Å². The molecule has 0 atom stereocenters. The molecule has 25 heavy (non-hydrogen) atoms. The Morgan fingerprint density at radius 2 is 1.84 bits per heavy atom. The van der Waals surface area contributed by atoms with Crippen LogP contribution in [0.3, 0.4) is 0 Å². The van der Waals surface area contributed by atoms with Crippen molar-refractivity contribution in [1.29, 1.82) is 0 Å². The molecule has 0 aliphatic rings. The van der Waals surface area contributed by atoms with Gasteiger partial charge in [0.1, 0.15) is 0 Å². The van der Waals surface area contributed by atoms with Gasteiger partial charge in [0.25, 0.3) is 5.91 Å². The first-order chi connectivity index (χ1) is 11.8. The Morgan fingerprint density at radius 1 is 1.16 bits per heavy atom. The number of benzene rings is 1. The normalized spacial score (nSPS) is 11.6. The molecule has 0 spiro atoms. The number of hydrogen-bond donors (Lipinski definition) is 0. The van der Waals surface area contributed by atoms with Crippen LogP contribution in [0, 0.1) is 6.92 Å². The van der Waals surface area contributed by atoms with E-state index in [4.69, 9.17) is 0 Å². The maximum absolute atomic E-state index is 12.6. The van der Waals surface area contributed by atoms with Crippen molar-refractivity contribution in [3.8, 4) is 5.69 Å². The summed E-state index contributed by atoms with van der Waals surface area (Å²) in [7, 11) is 1.31. The highest BCUT2D eigenvalue weighted by molar-refractivity contribution is 7.15. The van der Waals surface area contributed by atoms with Crippen LogP contribution in [0.15, 0.2) is 30.3 Å². The lowest BCUT2D eigenvalue weighted by Crippen LogP contribution is -2.27. The van der Waals surface area contributed by atoms with Crippen molar-refractivity contribution in [1.82, 2.24) is 25.2 Å². The van der Waals surface area contributed by atoms with E-state index in [1.807, 2.05) is 6.07 Å². The SMILES string of the molecule is Cc1nn(-c2ccccc2)nc1C(=O)N(C)c1nnc(C(F)(F)F)s1. The van der Waals surface area contributed by atoms with Gasteiger partial charge in [-0.25, -0.2) is 0 Å². The second-order valence-electron chi connectivity index (χ2n) is 5.01. The fraction of sp³-hybridized carbons (Fsp3) is 0.214. The summed E-state index contributed by atoms with van der Waals surface area (Å²) in [6, 6.07) is 8.94. The summed E-state index contributed by atoms with van der Waals surface area (Å²) < 4.78 is 37.9. The van der Waals surface area contributed by atoms with Crippen molar-refractivity contribution in [2.45, 2.75) is 13.1 Å². The molecule has 0 N–H and O–H groups in total. The Morgan fingerprint density at radius 3 is 2.44 bits per heavy atom. The van der Waals surface area contributed by atoms with E-state index in [0.717, 1.165) is 4.90 Å². The van der Waals surface area contributed by atoms with Crippen molar-refractivity contribution in [3.63, 3.8) is 0 Å². The van der Waals surface area contributed by atoms with Gasteiger partial charge < -0.3 is 0 Å². The molecule has 0 radical (unpaired) electrons. The number of anilines is 1. The van der Waals surface area contributed by atoms with Gasteiger partial charge in [-0.3, -0.25) is 9.69 Å². The van der Waals surface area contributed by atoms with E-state index >= 15 is 0 Å². The van der Waals surface area contributed by atoms with Crippen molar-refractivity contribution in [2.75, 3.05) is 11.9 Å². The number of para-hydroxylation sites is 1. The molecular weight excluding hydrogens is 357 g/mol. The van der Waals surface area contributed by atoms with Gasteiger partial charge in [0.2, 0.25) is 10.1 Å². The minimum Gasteiger partial charge on any atom is -0.284 e. The Balaban J connectivity index is 1.88. The summed E-state index contributed by atoms with van der Waals surface area (Å²) in [6.07, 6.45) is -4.60. The van der Waals surface area contributed by atoms with Crippen LogP contribution in [0.25, 0.3) is 5.69 Å². The predicted molar refractivity (Wildman–Crippen MR) is 83.7 cm³/mol. The standard InChI is InChI=1S/C14H11F3N6OS/c1-8-10(21-23(20-8)9-6-4-3-5-7-9)11(24)22(2)13-19-18-12(25-13)14(15,16)17/h3-7H,1-2H3. The van der Waals surface area contributed by atoms with E-state index in [9.17, 15) is 18.0 Å². The molecule has 3 aromatic rings. The van der Waals surface area contributed by atoms with Crippen LogP contribution in [0.1, 0.15) is 21.2 Å². The Kier molecular flexibility index (Phi) is 4.25. The first-order valence-electron chi connectivity index (χ1n) is 6.95. The molecule has 0 unspecified atom stereocenters. The lowest BCUT2D eigenvalue weighted by atomic mass is 10.3. The summed E-state index contributed by atoms with van der Waals surface area (Å²) in [6.45, 7) is 1.59. The first kappa shape index (κ1) is 17.0. The molecule has 3 rings (SSSR count). The zero-order chi connectivity index (χ0) is 18.2. The number of carbonyl (C=O) groups excluding carboxylic acids is 1. The third kappa shape index (κ3) is 3.36. The molecule has 11 heteroatoms. The number of amides is 1. The molecule has 0 fully saturated rings. The van der Waals surface area contributed by atoms with E-state index in [2.05, 4.69) is 20.4 Å². The number of halogens is 3. The first-order valence-corrected chi connectivity index (χ1v) is 7.77. The maximum Gasteiger partial charge on any atom is 0.445 e. The highest BCUT2D eigenvalue weighted by Gasteiger charge is 2.36. The third-order valence-corrected chi connectivity index (χ3v) is 4.26. The summed E-state index contributed by atoms with van der Waals surface area (Å²) in [5.74, 6) is -0.621. The summed E-state index contributed by atoms with van der Waals surface area (Å²) >= 11 is 0.283. The molecule has 1 aromatic carbocycles. The second-order valence-corrected chi connectivity index (χ2v) is 5.97. The van der Waals surface area contributed by atoms with Crippen molar-refractivity contribution in [2.24, 2.45) is 0 Å². The molecule has 0 saturated carbocycles. The van der Waals surface area contributed by atoms with E-state index in [1.165, 1.54) is 11.8 Å². The van der Waals surface area contributed by atoms with Crippen LogP contribution in [-0.4, -0.2) is 38.1 Å². The highest BCUT2D eigenvalue weighted by atomic mass is 32.1. The van der Waals surface area contributed by atoms with E-state index in [0.29, 0.717) is 11.4 Å². The number of aryl methyl sites for hydroxylation is 1. The topological polar surface area (TPSA) is 76.8 Å². The average molecular weight is 368 g/mol. The average Bonchev–Trinajstić information content (AvgIpc) is 3.21. The zero-order valence-electron chi connectivity index (χ0n) is 13.0. The fourth-order valence-electron chi connectivity index (χ4n) is 1.96. The van der Waals surface area contributed by atoms with Crippen LogP contribution in [0.5, 0.6) is 0 Å². The minimum absolute atomic E-state index is 0.0233. The number of alkyl halides is 3. The smallest absolute Gasteiger partial charge is 0.284 e. The molecule has 0 aliphatic heterocycles. The molecule has 130 valence electrons. The van der Waals surface area contributed by atoms with Gasteiger partial charge in [-0.15, -0.1) is 15.3 Å². The van der Waals surface area contributed by atoms with Crippen LogP contribution < -0.4 is 4.90 Å². The monoisotopic (exact) mass is 368 g/mol. The molecule has 2 heterocycles. The second kappa shape index (κ2) is 6.24. The van der Waals surface area contributed by atoms with Crippen LogP contribution >= 0.6 is 11.3 Å². The zero-order valence-corrected chi connectivity index (χ0v) is 13.8. The van der Waals surface area contributed by atoms with Crippen molar-refractivity contribution < 1.29 is 18.0 Å². The lowest BCUT2D eigenvalue weighted by Gasteiger charge is -2.11. The van der Waals surface area contributed by atoms with E-state index < -0.39 is 17.1 Å². The molecular formula is C14H11F3N6OS. The molecule has 1 amide bonds. The minimum atomic E-state index is -4.60. The van der Waals surface area contributed by atoms with Gasteiger partial charge in [0, 0.05) is 7.05 Å². The number of nitrogens with zero attached hydrogens (tertiary/aromatic N) is 6. The van der Waals surface area contributed by atoms with Crippen LogP contribution in [-0.2, 0) is 6.18 Å². The van der Waals surface area contributed by atoms with Crippen molar-refractivity contribution >= 4 is 22.4 Å². The number of carbonyl (C=O) groups is 1. The number of rotatable bonds is 3. The fourth-order valence-corrected chi connectivity index (χ4v) is 2.64. The maximum atomic E-state index is 12.6. The summed E-state index contributed by atoms with van der Waals surface area (Å²) in [5.41, 5.74) is 1.03. The summed E-state index contributed by atoms with van der Waals surface area (Å²) in [4.78, 5) is 14.8. The van der Waals surface area contributed by atoms with Crippen LogP contribution in [0.2, 0.25) is 0 Å². The number of aromatic nitrogens is 5. The Hall–Kier alpha value is -2.82. The third-order valence-electron chi connectivity index (χ3n) is 3.22. The van der Waals surface area contributed by atoms with Gasteiger partial charge in [0.05, 0.1) is 11.4 Å². The lowest BCUT2D eigenvalue weighted by molar-refractivity contribution is -0.138. The molecule has 2 aromatic heterocycles. The van der Waals surface area contributed by atoms with Gasteiger partial charge in [-0.2, -0.15) is 23.1 Å². The van der Waals surface area contributed by atoms with Gasteiger partial charge in [-0.05, 0) is 19.1 Å². The highest BCUT2D eigenvalue weighted by Crippen LogP contribution is 2.34. The quantitative estimate of drug-likeness (QED) is 0.710. The summed E-state index contributed by atoms with van der Waals surface area (Å²) in [5, 5.41) is 13.5. The van der Waals surface area contributed by atoms with E-state index in [-0.39, 0.29) is 22.2 Å². The molecule has 7 nitrogen and oxygen atoms in total. The van der Waals surface area contributed by atoms with Crippen molar-refractivity contribution in [3.05, 3.63) is 46.7 Å². The van der Waals surface area contributed by atoms with Gasteiger partial charge >= 0.3 is 6.18 Å². The number of hydrogen-bond acceptors (Lipinski definition) is 6. The molecule has 0 aliphatic carbocycles. The Bertz CT molecular complexity index is 905. The largest absolute Gasteiger partial charge is 0.445 e. The Labute approximate surface area is 143 Å². The predicted octanol–water partition coefficient (Wildman–Crippen LogP) is 2.72. The molecule has 0 bridgehead atoms.